The van der Waals surface area contributed by atoms with Crippen molar-refractivity contribution < 1.29 is 17.9 Å². The summed E-state index contributed by atoms with van der Waals surface area (Å²) in [4.78, 5) is 0. The number of rotatable bonds is 2. The molecule has 4 heteroatoms. The Kier molecular flexibility index (Phi) is 11.2. The van der Waals surface area contributed by atoms with Crippen molar-refractivity contribution in [2.75, 3.05) is 7.11 Å². The van der Waals surface area contributed by atoms with Gasteiger partial charge in [0.2, 0.25) is 0 Å². The molecule has 0 aromatic heterocycles. The zero-order valence-corrected chi connectivity index (χ0v) is 12.3. The van der Waals surface area contributed by atoms with E-state index in [2.05, 4.69) is 6.58 Å². The molecule has 0 atom stereocenters. The van der Waals surface area contributed by atoms with Crippen LogP contribution < -0.4 is 0 Å². The summed E-state index contributed by atoms with van der Waals surface area (Å²) in [6.07, 6.45) is -2.53. The molecule has 1 aromatic rings. The van der Waals surface area contributed by atoms with Crippen LogP contribution in [0.25, 0.3) is 0 Å². The molecule has 110 valence electrons. The topological polar surface area (TPSA) is 9.23 Å². The van der Waals surface area contributed by atoms with Crippen molar-refractivity contribution in [3.05, 3.63) is 47.5 Å². The van der Waals surface area contributed by atoms with E-state index in [1.165, 1.54) is 13.2 Å². The van der Waals surface area contributed by atoms with Gasteiger partial charge in [-0.25, -0.2) is 0 Å². The van der Waals surface area contributed by atoms with Gasteiger partial charge in [0.05, 0.1) is 12.2 Å². The van der Waals surface area contributed by atoms with Crippen LogP contribution in [0.15, 0.2) is 30.9 Å². The van der Waals surface area contributed by atoms with Gasteiger partial charge in [0.25, 0.3) is 0 Å². The van der Waals surface area contributed by atoms with Gasteiger partial charge in [-0.15, -0.1) is 6.58 Å². The molecule has 1 nitrogen and oxygen atoms in total. The Bertz CT molecular complexity index is 357. The molecule has 0 heterocycles. The third kappa shape index (κ3) is 8.43. The van der Waals surface area contributed by atoms with Crippen molar-refractivity contribution >= 4 is 0 Å². The second-order valence-electron chi connectivity index (χ2n) is 3.48. The number of alkyl halides is 3. The van der Waals surface area contributed by atoms with Crippen LogP contribution >= 0.6 is 0 Å². The summed E-state index contributed by atoms with van der Waals surface area (Å²) < 4.78 is 41.7. The van der Waals surface area contributed by atoms with E-state index in [1.807, 2.05) is 20.8 Å². The molecule has 0 bridgehead atoms. The highest BCUT2D eigenvalue weighted by Crippen LogP contribution is 2.30. The molecular formula is C15H23F3O. The standard InChI is InChI=1S/C10H11F3O.C3H6.C2H6/c1-7-3-4-9(10(11,12)13)5-8(7)6-14-2;1-3-2;1-2/h3-5H,6H2,1-2H3;3H,1H2,2H3;1-2H3. The van der Waals surface area contributed by atoms with Crippen molar-refractivity contribution in [3.8, 4) is 0 Å². The van der Waals surface area contributed by atoms with Crippen LogP contribution in [0.2, 0.25) is 0 Å². The van der Waals surface area contributed by atoms with Crippen LogP contribution in [0.1, 0.15) is 37.5 Å². The molecule has 19 heavy (non-hydrogen) atoms. The predicted octanol–water partition coefficient (Wildman–Crippen LogP) is 5.38. The van der Waals surface area contributed by atoms with Gasteiger partial charge < -0.3 is 4.74 Å². The van der Waals surface area contributed by atoms with Gasteiger partial charge in [0, 0.05) is 7.11 Å². The molecule has 0 aliphatic carbocycles. The second kappa shape index (κ2) is 10.6. The Morgan fingerprint density at radius 1 is 1.26 bits per heavy atom. The van der Waals surface area contributed by atoms with Gasteiger partial charge in [-0.05, 0) is 37.1 Å². The van der Waals surface area contributed by atoms with Crippen LogP contribution in [-0.2, 0) is 17.5 Å². The molecule has 0 spiro atoms. The number of halogens is 3. The summed E-state index contributed by atoms with van der Waals surface area (Å²) in [6, 6.07) is 3.66. The largest absolute Gasteiger partial charge is 0.416 e. The summed E-state index contributed by atoms with van der Waals surface area (Å²) >= 11 is 0. The minimum atomic E-state index is -4.28. The third-order valence-electron chi connectivity index (χ3n) is 1.98. The molecular weight excluding hydrogens is 253 g/mol. The lowest BCUT2D eigenvalue weighted by molar-refractivity contribution is -0.137. The molecule has 0 aliphatic rings. The van der Waals surface area contributed by atoms with Crippen LogP contribution in [0.3, 0.4) is 0 Å². The average Bonchev–Trinajstić information content (AvgIpc) is 2.34. The fourth-order valence-corrected chi connectivity index (χ4v) is 1.16. The van der Waals surface area contributed by atoms with E-state index in [1.54, 1.807) is 13.0 Å². The number of ether oxygens (including phenoxy) is 1. The first-order chi connectivity index (χ1) is 8.86. The molecule has 0 radical (unpaired) electrons. The molecule has 1 rings (SSSR count). The normalized spacial score (nSPS) is 9.68. The Labute approximate surface area is 114 Å². The lowest BCUT2D eigenvalue weighted by atomic mass is 10.1. The Hall–Kier alpha value is -1.29. The van der Waals surface area contributed by atoms with Crippen molar-refractivity contribution in [1.29, 1.82) is 0 Å². The van der Waals surface area contributed by atoms with Gasteiger partial charge in [0.1, 0.15) is 0 Å². The maximum absolute atomic E-state index is 12.3. The second-order valence-corrected chi connectivity index (χ2v) is 3.48. The van der Waals surface area contributed by atoms with Crippen molar-refractivity contribution in [2.24, 2.45) is 0 Å². The van der Waals surface area contributed by atoms with Crippen LogP contribution in [0.5, 0.6) is 0 Å². The molecule has 0 N–H and O–H groups in total. The number of benzene rings is 1. The monoisotopic (exact) mass is 276 g/mol. The molecule has 0 unspecified atom stereocenters. The zero-order chi connectivity index (χ0) is 15.5. The van der Waals surface area contributed by atoms with Gasteiger partial charge in [0.15, 0.2) is 0 Å². The Morgan fingerprint density at radius 2 is 1.74 bits per heavy atom. The summed E-state index contributed by atoms with van der Waals surface area (Å²) in [5.74, 6) is 0. The highest BCUT2D eigenvalue weighted by Gasteiger charge is 2.30. The minimum absolute atomic E-state index is 0.204. The predicted molar refractivity (Wildman–Crippen MR) is 74.1 cm³/mol. The quantitative estimate of drug-likeness (QED) is 0.659. The molecule has 0 aliphatic heterocycles. The van der Waals surface area contributed by atoms with Crippen molar-refractivity contribution in [2.45, 2.75) is 40.5 Å². The fraction of sp³-hybridized carbons (Fsp3) is 0.467. The third-order valence-corrected chi connectivity index (χ3v) is 1.98. The van der Waals surface area contributed by atoms with Crippen LogP contribution in [0.4, 0.5) is 13.2 Å². The van der Waals surface area contributed by atoms with E-state index in [0.717, 1.165) is 17.7 Å². The maximum atomic E-state index is 12.3. The summed E-state index contributed by atoms with van der Waals surface area (Å²) in [7, 11) is 1.46. The summed E-state index contributed by atoms with van der Waals surface area (Å²) in [5.41, 5.74) is 0.748. The lowest BCUT2D eigenvalue weighted by Crippen LogP contribution is -2.06. The van der Waals surface area contributed by atoms with E-state index in [-0.39, 0.29) is 6.61 Å². The van der Waals surface area contributed by atoms with Gasteiger partial charge in [-0.3, -0.25) is 0 Å². The number of allylic oxidation sites excluding steroid dienone is 1. The smallest absolute Gasteiger partial charge is 0.380 e. The highest BCUT2D eigenvalue weighted by atomic mass is 19.4. The number of methoxy groups -OCH3 is 1. The van der Waals surface area contributed by atoms with Crippen molar-refractivity contribution in [3.63, 3.8) is 0 Å². The number of hydrogen-bond donors (Lipinski definition) is 0. The van der Waals surface area contributed by atoms with Crippen LogP contribution in [-0.4, -0.2) is 7.11 Å². The van der Waals surface area contributed by atoms with E-state index >= 15 is 0 Å². The van der Waals surface area contributed by atoms with Gasteiger partial charge in [-0.1, -0.05) is 26.0 Å². The summed E-state index contributed by atoms with van der Waals surface area (Å²) in [6.45, 7) is 11.2. The molecule has 0 fully saturated rings. The first-order valence-electron chi connectivity index (χ1n) is 6.09. The fourth-order valence-electron chi connectivity index (χ4n) is 1.16. The maximum Gasteiger partial charge on any atom is 0.416 e. The minimum Gasteiger partial charge on any atom is -0.380 e. The van der Waals surface area contributed by atoms with Crippen LogP contribution in [0, 0.1) is 6.92 Å². The number of hydrogen-bond acceptors (Lipinski definition) is 1. The first kappa shape index (κ1) is 20.0. The average molecular weight is 276 g/mol. The number of aryl methyl sites for hydroxylation is 1. The van der Waals surface area contributed by atoms with E-state index in [9.17, 15) is 13.2 Å². The van der Waals surface area contributed by atoms with Gasteiger partial charge in [-0.2, -0.15) is 13.2 Å². The zero-order valence-electron chi connectivity index (χ0n) is 12.3. The Balaban J connectivity index is 0. The Morgan fingerprint density at radius 3 is 2.11 bits per heavy atom. The molecule has 0 saturated heterocycles. The van der Waals surface area contributed by atoms with Crippen molar-refractivity contribution in [1.82, 2.24) is 0 Å². The summed E-state index contributed by atoms with van der Waals surface area (Å²) in [5, 5.41) is 0. The SMILES string of the molecule is C=CC.CC.COCc1cc(C(F)(F)F)ccc1C. The highest BCUT2D eigenvalue weighted by molar-refractivity contribution is 5.32. The first-order valence-corrected chi connectivity index (χ1v) is 6.09. The lowest BCUT2D eigenvalue weighted by Gasteiger charge is -2.10. The van der Waals surface area contributed by atoms with E-state index in [4.69, 9.17) is 4.74 Å². The molecule has 0 amide bonds. The molecule has 0 saturated carbocycles. The van der Waals surface area contributed by atoms with E-state index < -0.39 is 11.7 Å². The van der Waals surface area contributed by atoms with Gasteiger partial charge >= 0.3 is 6.18 Å². The molecule has 1 aromatic carbocycles. The van der Waals surface area contributed by atoms with E-state index in [0.29, 0.717) is 5.56 Å².